The Morgan fingerprint density at radius 1 is 1.10 bits per heavy atom. The van der Waals surface area contributed by atoms with Gasteiger partial charge in [-0.05, 0) is 79.0 Å². The zero-order valence-corrected chi connectivity index (χ0v) is 25.6. The summed E-state index contributed by atoms with van der Waals surface area (Å²) in [4.78, 5) is 40.9. The number of ketones is 2. The molecular weight excluding hydrogens is 536 g/mol. The number of ether oxygens (including phenoxy) is 4. The number of benzene rings is 1. The lowest BCUT2D eigenvalue weighted by Gasteiger charge is -2.62. The molecule has 7 rings (SSSR count). The van der Waals surface area contributed by atoms with Crippen LogP contribution in [0.1, 0.15) is 82.8 Å². The van der Waals surface area contributed by atoms with Crippen LogP contribution in [0.25, 0.3) is 6.08 Å². The summed E-state index contributed by atoms with van der Waals surface area (Å²) in [7, 11) is 1.51. The molecule has 4 fully saturated rings. The first-order valence-electron chi connectivity index (χ1n) is 14.7. The first kappa shape index (κ1) is 28.9. The molecule has 1 spiro atoms. The highest BCUT2D eigenvalue weighted by atomic mass is 16.6. The minimum atomic E-state index is -1.53. The number of phenolic OH excluding ortho intramolecular Hbond substituents is 1. The maximum Gasteiger partial charge on any atom is 0.180 e. The molecule has 224 valence electrons. The molecule has 1 aromatic carbocycles. The van der Waals surface area contributed by atoms with E-state index in [1.54, 1.807) is 19.1 Å². The minimum Gasteiger partial charge on any atom is -0.506 e. The number of hydrogen-bond donors (Lipinski definition) is 1. The van der Waals surface area contributed by atoms with E-state index in [0.717, 1.165) is 11.9 Å². The van der Waals surface area contributed by atoms with Crippen molar-refractivity contribution in [2.45, 2.75) is 96.2 Å². The molecule has 3 aliphatic carbocycles. The van der Waals surface area contributed by atoms with Crippen LogP contribution in [-0.2, 0) is 25.5 Å². The average Bonchev–Trinajstić information content (AvgIpc) is 3.06. The molecule has 1 saturated heterocycles. The maximum absolute atomic E-state index is 14.9. The number of rotatable bonds is 6. The molecular formula is C34H40O8. The first-order chi connectivity index (χ1) is 19.7. The smallest absolute Gasteiger partial charge is 0.180 e. The zero-order chi connectivity index (χ0) is 30.6. The lowest BCUT2D eigenvalue weighted by atomic mass is 9.45. The van der Waals surface area contributed by atoms with Gasteiger partial charge in [0.2, 0.25) is 0 Å². The van der Waals surface area contributed by atoms with Gasteiger partial charge in [-0.15, -0.1) is 0 Å². The number of Topliss-reactive ketones (excluding diaryl/α,β-unsaturated/α-hetero) is 2. The predicted molar refractivity (Wildman–Crippen MR) is 156 cm³/mol. The molecule has 1 aromatic rings. The topological polar surface area (TPSA) is 108 Å². The van der Waals surface area contributed by atoms with E-state index in [-0.39, 0.29) is 41.0 Å². The molecule has 1 N–H and O–H groups in total. The lowest BCUT2D eigenvalue weighted by molar-refractivity contribution is -0.224. The van der Waals surface area contributed by atoms with Crippen molar-refractivity contribution < 1.29 is 38.4 Å². The van der Waals surface area contributed by atoms with Crippen LogP contribution < -0.4 is 9.47 Å². The number of aromatic hydroxyl groups is 1. The molecule has 6 unspecified atom stereocenters. The summed E-state index contributed by atoms with van der Waals surface area (Å²) in [6, 6.07) is 0. The van der Waals surface area contributed by atoms with E-state index in [4.69, 9.17) is 18.9 Å². The number of methoxy groups -OCH3 is 1. The summed E-state index contributed by atoms with van der Waals surface area (Å²) >= 11 is 0. The van der Waals surface area contributed by atoms with Crippen molar-refractivity contribution in [2.24, 2.45) is 17.8 Å². The summed E-state index contributed by atoms with van der Waals surface area (Å²) in [5.74, 6) is -1.86. The van der Waals surface area contributed by atoms with Crippen LogP contribution >= 0.6 is 0 Å². The molecule has 0 radical (unpaired) electrons. The highest BCUT2D eigenvalue weighted by Gasteiger charge is 2.85. The fourth-order valence-electron chi connectivity index (χ4n) is 8.28. The number of allylic oxidation sites excluding steroid dienone is 3. The highest BCUT2D eigenvalue weighted by Crippen LogP contribution is 2.70. The standard InChI is InChI=1S/C34H40O8/c1-17(2)9-10-20-27-19(12-13-31(4,5)40-27)25(36)23-26(37)24-29(39-8)21-15-22-32(6,7)42-33(30(21)38,14-11-18(3)16-35)34(22,24)41-28(20)23/h9,11-13,16,21-22,24,29,36H,10,14-15H2,1-8H3. The number of phenols is 1. The van der Waals surface area contributed by atoms with Crippen molar-refractivity contribution in [3.63, 3.8) is 0 Å². The van der Waals surface area contributed by atoms with Gasteiger partial charge in [0.15, 0.2) is 22.8 Å². The maximum atomic E-state index is 14.9. The number of aldehydes is 1. The van der Waals surface area contributed by atoms with E-state index in [1.165, 1.54) is 7.11 Å². The molecule has 0 amide bonds. The highest BCUT2D eigenvalue weighted by molar-refractivity contribution is 6.10. The molecule has 42 heavy (non-hydrogen) atoms. The minimum absolute atomic E-state index is 0.0783. The van der Waals surface area contributed by atoms with Gasteiger partial charge in [-0.25, -0.2) is 0 Å². The Morgan fingerprint density at radius 2 is 1.81 bits per heavy atom. The molecule has 3 saturated carbocycles. The summed E-state index contributed by atoms with van der Waals surface area (Å²) in [6.07, 6.45) is 8.28. The van der Waals surface area contributed by atoms with Crippen molar-refractivity contribution in [3.05, 3.63) is 46.1 Å². The van der Waals surface area contributed by atoms with Crippen LogP contribution in [-0.4, -0.2) is 58.6 Å². The van der Waals surface area contributed by atoms with Crippen LogP contribution in [0, 0.1) is 17.8 Å². The summed E-state index contributed by atoms with van der Waals surface area (Å²) < 4.78 is 26.3. The summed E-state index contributed by atoms with van der Waals surface area (Å²) in [5.41, 5.74) is -1.74. The SMILES string of the molecule is COC1C2CC3C(C)(C)OC(CC=C(C)C=O)(C2=O)C32Oc3c(CC=C(C)C)c4c(c(O)c3C(=O)C12)C=CC(C)(C)O4. The van der Waals surface area contributed by atoms with Crippen LogP contribution in [0.5, 0.6) is 17.2 Å². The Labute approximate surface area is 246 Å². The van der Waals surface area contributed by atoms with Gasteiger partial charge in [0.05, 0.1) is 23.2 Å². The number of carbonyl (C=O) groups excluding carboxylic acids is 3. The van der Waals surface area contributed by atoms with E-state index >= 15 is 0 Å². The van der Waals surface area contributed by atoms with Gasteiger partial charge >= 0.3 is 0 Å². The number of hydrogen-bond acceptors (Lipinski definition) is 8. The fourth-order valence-corrected chi connectivity index (χ4v) is 8.28. The Morgan fingerprint density at radius 3 is 2.45 bits per heavy atom. The van der Waals surface area contributed by atoms with Crippen LogP contribution in [0.4, 0.5) is 0 Å². The van der Waals surface area contributed by atoms with Crippen molar-refractivity contribution in [1.82, 2.24) is 0 Å². The van der Waals surface area contributed by atoms with Crippen LogP contribution in [0.2, 0.25) is 0 Å². The Balaban J connectivity index is 1.68. The average molecular weight is 577 g/mol. The molecule has 6 aliphatic rings. The largest absolute Gasteiger partial charge is 0.506 e. The van der Waals surface area contributed by atoms with Crippen molar-refractivity contribution in [2.75, 3.05) is 7.11 Å². The normalized spacial score (nSPS) is 34.6. The Bertz CT molecular complexity index is 1510. The van der Waals surface area contributed by atoms with E-state index in [0.29, 0.717) is 35.3 Å². The van der Waals surface area contributed by atoms with E-state index in [2.05, 4.69) is 0 Å². The quantitative estimate of drug-likeness (QED) is 0.275. The van der Waals surface area contributed by atoms with Crippen LogP contribution in [0.3, 0.4) is 0 Å². The van der Waals surface area contributed by atoms with Crippen LogP contribution in [0.15, 0.2) is 29.4 Å². The molecule has 0 aromatic heterocycles. The molecule has 3 heterocycles. The van der Waals surface area contributed by atoms with Crippen molar-refractivity contribution in [1.29, 1.82) is 0 Å². The van der Waals surface area contributed by atoms with Gasteiger partial charge in [0.25, 0.3) is 0 Å². The predicted octanol–water partition coefficient (Wildman–Crippen LogP) is 5.33. The van der Waals surface area contributed by atoms with E-state index in [9.17, 15) is 19.5 Å². The lowest BCUT2D eigenvalue weighted by Crippen LogP contribution is -2.80. The second-order valence-electron chi connectivity index (χ2n) is 13.8. The van der Waals surface area contributed by atoms with Gasteiger partial charge in [-0.3, -0.25) is 14.4 Å². The number of fused-ring (bicyclic) bond motifs is 2. The second kappa shape index (κ2) is 9.13. The van der Waals surface area contributed by atoms with E-state index in [1.807, 2.05) is 53.7 Å². The van der Waals surface area contributed by atoms with Crippen molar-refractivity contribution in [3.8, 4) is 17.2 Å². The third kappa shape index (κ3) is 3.57. The summed E-state index contributed by atoms with van der Waals surface area (Å²) in [5, 5.41) is 11.7. The number of carbonyl (C=O) groups is 3. The molecule has 4 bridgehead atoms. The zero-order valence-electron chi connectivity index (χ0n) is 25.6. The van der Waals surface area contributed by atoms with Gasteiger partial charge in [0, 0.05) is 30.9 Å². The van der Waals surface area contributed by atoms with Gasteiger partial charge in [-0.1, -0.05) is 17.7 Å². The van der Waals surface area contributed by atoms with E-state index < -0.39 is 40.3 Å². The molecule has 3 aliphatic heterocycles. The van der Waals surface area contributed by atoms with Gasteiger partial charge in [0.1, 0.15) is 34.7 Å². The monoisotopic (exact) mass is 576 g/mol. The first-order valence-corrected chi connectivity index (χ1v) is 14.7. The Kier molecular flexibility index (Phi) is 6.28. The third-order valence-electron chi connectivity index (χ3n) is 10.0. The van der Waals surface area contributed by atoms with Gasteiger partial charge < -0.3 is 24.1 Å². The van der Waals surface area contributed by atoms with Gasteiger partial charge in [-0.2, -0.15) is 0 Å². The Hall–Kier alpha value is -3.23. The third-order valence-corrected chi connectivity index (χ3v) is 10.0. The fraction of sp³-hybridized carbons (Fsp3) is 0.559. The summed E-state index contributed by atoms with van der Waals surface area (Å²) in [6.45, 7) is 13.4. The molecule has 8 nitrogen and oxygen atoms in total. The molecule has 8 heteroatoms. The second-order valence-corrected chi connectivity index (χ2v) is 13.8. The van der Waals surface area contributed by atoms with Crippen molar-refractivity contribution >= 4 is 23.9 Å². The molecule has 6 atom stereocenters.